The molecular weight excluding hydrogens is 344 g/mol. The number of hydrogen-bond acceptors (Lipinski definition) is 5. The molecule has 4 rings (SSSR count). The third-order valence-electron chi connectivity index (χ3n) is 5.14. The topological polar surface area (TPSA) is 75.6 Å². The molecule has 1 atom stereocenters. The van der Waals surface area contributed by atoms with Crippen molar-refractivity contribution in [3.63, 3.8) is 0 Å². The summed E-state index contributed by atoms with van der Waals surface area (Å²) in [5.41, 5.74) is 3.45. The summed E-state index contributed by atoms with van der Waals surface area (Å²) < 4.78 is 5.16. The fraction of sp³-hybridized carbons (Fsp3) is 0.400. The summed E-state index contributed by atoms with van der Waals surface area (Å²) in [6.45, 7) is 6.75. The molecule has 7 heteroatoms. The molecule has 1 unspecified atom stereocenters. The number of hydrogen-bond donors (Lipinski definition) is 0. The molecular formula is C20H22N4O3. The molecule has 0 N–H and O–H groups in total. The lowest BCUT2D eigenvalue weighted by atomic mass is 10.1. The molecule has 7 nitrogen and oxygen atoms in total. The summed E-state index contributed by atoms with van der Waals surface area (Å²) in [5, 5.41) is 0. The van der Waals surface area contributed by atoms with Crippen LogP contribution in [-0.2, 0) is 17.7 Å². The van der Waals surface area contributed by atoms with Gasteiger partial charge in [0, 0.05) is 22.5 Å². The molecule has 1 fully saturated rings. The molecule has 2 aromatic heterocycles. The van der Waals surface area contributed by atoms with Crippen molar-refractivity contribution in [1.29, 1.82) is 0 Å². The Morgan fingerprint density at radius 1 is 1.19 bits per heavy atom. The third kappa shape index (κ3) is 2.83. The van der Waals surface area contributed by atoms with Crippen molar-refractivity contribution in [3.8, 4) is 0 Å². The zero-order valence-corrected chi connectivity index (χ0v) is 15.7. The van der Waals surface area contributed by atoms with Crippen molar-refractivity contribution in [3.05, 3.63) is 46.8 Å². The standard InChI is InChI=1S/C20H22N4O3/c1-4-13-11-27-20(26)24(13)18-8-6-7-17(22-18)23-10-15-14(19(23)25)9-12(3)21-16(15)5-2/h6-9,13H,4-5,10-11H2,1-3H3. The van der Waals surface area contributed by atoms with Gasteiger partial charge in [-0.1, -0.05) is 19.9 Å². The van der Waals surface area contributed by atoms with Crippen LogP contribution in [0.15, 0.2) is 24.3 Å². The van der Waals surface area contributed by atoms with E-state index in [0.29, 0.717) is 30.4 Å². The summed E-state index contributed by atoms with van der Waals surface area (Å²) in [7, 11) is 0. The van der Waals surface area contributed by atoms with Gasteiger partial charge in [-0.15, -0.1) is 0 Å². The van der Waals surface area contributed by atoms with E-state index in [4.69, 9.17) is 4.74 Å². The fourth-order valence-corrected chi connectivity index (χ4v) is 3.72. The van der Waals surface area contributed by atoms with Crippen LogP contribution in [0.4, 0.5) is 16.4 Å². The van der Waals surface area contributed by atoms with Crippen LogP contribution in [0.1, 0.15) is 47.6 Å². The molecule has 140 valence electrons. The monoisotopic (exact) mass is 366 g/mol. The van der Waals surface area contributed by atoms with E-state index in [9.17, 15) is 9.59 Å². The number of pyridine rings is 2. The third-order valence-corrected chi connectivity index (χ3v) is 5.14. The molecule has 2 aromatic rings. The van der Waals surface area contributed by atoms with E-state index < -0.39 is 6.09 Å². The van der Waals surface area contributed by atoms with Crippen LogP contribution in [0.3, 0.4) is 0 Å². The molecule has 2 aliphatic heterocycles. The molecule has 0 spiro atoms. The maximum Gasteiger partial charge on any atom is 0.415 e. The Kier molecular flexibility index (Phi) is 4.30. The lowest BCUT2D eigenvalue weighted by Gasteiger charge is -2.21. The fourth-order valence-electron chi connectivity index (χ4n) is 3.72. The van der Waals surface area contributed by atoms with Crippen LogP contribution in [-0.4, -0.2) is 34.6 Å². The average molecular weight is 366 g/mol. The number of carbonyl (C=O) groups is 2. The molecule has 27 heavy (non-hydrogen) atoms. The van der Waals surface area contributed by atoms with Gasteiger partial charge in [0.2, 0.25) is 0 Å². The first-order valence-electron chi connectivity index (χ1n) is 9.27. The van der Waals surface area contributed by atoms with Crippen molar-refractivity contribution in [1.82, 2.24) is 9.97 Å². The van der Waals surface area contributed by atoms with Gasteiger partial charge in [-0.2, -0.15) is 0 Å². The molecule has 1 saturated heterocycles. The second-order valence-electron chi connectivity index (χ2n) is 6.84. The van der Waals surface area contributed by atoms with E-state index in [1.54, 1.807) is 21.9 Å². The number of cyclic esters (lactones) is 1. The minimum absolute atomic E-state index is 0.0368. The number of amides is 2. The summed E-state index contributed by atoms with van der Waals surface area (Å²) in [4.78, 5) is 37.5. The number of rotatable bonds is 4. The summed E-state index contributed by atoms with van der Waals surface area (Å²) >= 11 is 0. The molecule has 0 aromatic carbocycles. The Bertz CT molecular complexity index is 927. The maximum atomic E-state index is 13.0. The highest BCUT2D eigenvalue weighted by atomic mass is 16.6. The molecule has 0 saturated carbocycles. The van der Waals surface area contributed by atoms with Crippen LogP contribution < -0.4 is 9.80 Å². The van der Waals surface area contributed by atoms with E-state index in [1.165, 1.54) is 0 Å². The van der Waals surface area contributed by atoms with Crippen molar-refractivity contribution in [2.45, 2.75) is 46.2 Å². The van der Waals surface area contributed by atoms with Gasteiger partial charge in [-0.3, -0.25) is 19.6 Å². The van der Waals surface area contributed by atoms with E-state index >= 15 is 0 Å². The van der Waals surface area contributed by atoms with E-state index in [0.717, 1.165) is 29.8 Å². The maximum absolute atomic E-state index is 13.0. The molecule has 4 heterocycles. The van der Waals surface area contributed by atoms with Gasteiger partial charge in [0.25, 0.3) is 5.91 Å². The lowest BCUT2D eigenvalue weighted by molar-refractivity contribution is 0.0995. The van der Waals surface area contributed by atoms with Crippen molar-refractivity contribution in [2.75, 3.05) is 16.4 Å². The SMILES string of the molecule is CCc1nc(C)cc2c1CN(c1cccc(N3C(=O)OCC3CC)n1)C2=O. The summed E-state index contributed by atoms with van der Waals surface area (Å²) in [6.07, 6.45) is 1.16. The quantitative estimate of drug-likeness (QED) is 0.830. The zero-order valence-electron chi connectivity index (χ0n) is 15.7. The van der Waals surface area contributed by atoms with Gasteiger partial charge < -0.3 is 4.74 Å². The minimum Gasteiger partial charge on any atom is -0.447 e. The number of aryl methyl sites for hydroxylation is 2. The predicted molar refractivity (Wildman–Crippen MR) is 101 cm³/mol. The average Bonchev–Trinajstić information content (AvgIpc) is 3.21. The normalized spacial score (nSPS) is 18.9. The Morgan fingerprint density at radius 3 is 2.70 bits per heavy atom. The van der Waals surface area contributed by atoms with Gasteiger partial charge in [0.15, 0.2) is 0 Å². The lowest BCUT2D eigenvalue weighted by Crippen LogP contribution is -2.34. The molecule has 0 bridgehead atoms. The van der Waals surface area contributed by atoms with Crippen LogP contribution in [0, 0.1) is 6.92 Å². The van der Waals surface area contributed by atoms with Crippen LogP contribution in [0.2, 0.25) is 0 Å². The number of anilines is 2. The van der Waals surface area contributed by atoms with E-state index in [2.05, 4.69) is 9.97 Å². The van der Waals surface area contributed by atoms with Crippen LogP contribution >= 0.6 is 0 Å². The Hall–Kier alpha value is -2.96. The smallest absolute Gasteiger partial charge is 0.415 e. The first kappa shape index (κ1) is 17.5. The highest BCUT2D eigenvalue weighted by Crippen LogP contribution is 2.31. The van der Waals surface area contributed by atoms with Gasteiger partial charge in [-0.25, -0.2) is 9.78 Å². The Labute approximate surface area is 158 Å². The van der Waals surface area contributed by atoms with Crippen LogP contribution in [0.25, 0.3) is 0 Å². The van der Waals surface area contributed by atoms with Crippen molar-refractivity contribution in [2.24, 2.45) is 0 Å². The van der Waals surface area contributed by atoms with Gasteiger partial charge in [0.1, 0.15) is 18.2 Å². The van der Waals surface area contributed by atoms with Gasteiger partial charge >= 0.3 is 6.09 Å². The van der Waals surface area contributed by atoms with Crippen molar-refractivity contribution < 1.29 is 14.3 Å². The largest absolute Gasteiger partial charge is 0.447 e. The minimum atomic E-state index is -0.393. The number of ether oxygens (including phenoxy) is 1. The van der Waals surface area contributed by atoms with Gasteiger partial charge in [-0.05, 0) is 38.0 Å². The first-order valence-corrected chi connectivity index (χ1v) is 9.27. The number of aromatic nitrogens is 2. The molecule has 2 aliphatic rings. The Balaban J connectivity index is 1.69. The van der Waals surface area contributed by atoms with Crippen molar-refractivity contribution >= 4 is 23.6 Å². The Morgan fingerprint density at radius 2 is 1.96 bits per heavy atom. The second kappa shape index (κ2) is 6.64. The number of fused-ring (bicyclic) bond motifs is 1. The number of carbonyl (C=O) groups excluding carboxylic acids is 2. The zero-order chi connectivity index (χ0) is 19.1. The summed E-state index contributed by atoms with van der Waals surface area (Å²) in [6, 6.07) is 7.18. The predicted octanol–water partition coefficient (Wildman–Crippen LogP) is 3.24. The molecule has 2 amide bonds. The van der Waals surface area contributed by atoms with E-state index in [-0.39, 0.29) is 11.9 Å². The van der Waals surface area contributed by atoms with E-state index in [1.807, 2.05) is 32.9 Å². The first-order chi connectivity index (χ1) is 13.0. The highest BCUT2D eigenvalue weighted by Gasteiger charge is 2.36. The summed E-state index contributed by atoms with van der Waals surface area (Å²) in [5.74, 6) is 0.962. The van der Waals surface area contributed by atoms with Crippen LogP contribution in [0.5, 0.6) is 0 Å². The second-order valence-corrected chi connectivity index (χ2v) is 6.84. The van der Waals surface area contributed by atoms with Gasteiger partial charge in [0.05, 0.1) is 12.6 Å². The molecule has 0 aliphatic carbocycles. The number of nitrogens with zero attached hydrogens (tertiary/aromatic N) is 4. The molecule has 0 radical (unpaired) electrons. The highest BCUT2D eigenvalue weighted by molar-refractivity contribution is 6.10.